The molecule has 0 saturated heterocycles. The molecule has 3 aliphatic heterocycles. The highest BCUT2D eigenvalue weighted by molar-refractivity contribution is 6.12. The van der Waals surface area contributed by atoms with Crippen LogP contribution in [0.4, 0.5) is 10.1 Å². The second-order valence-electron chi connectivity index (χ2n) is 11.5. The van der Waals surface area contributed by atoms with Crippen molar-refractivity contribution in [1.29, 1.82) is 0 Å². The van der Waals surface area contributed by atoms with Crippen LogP contribution >= 0.6 is 0 Å². The largest absolute Gasteiger partial charge is 0.490 e. The highest BCUT2D eigenvalue weighted by Crippen LogP contribution is 2.57. The van der Waals surface area contributed by atoms with E-state index in [1.165, 1.54) is 18.2 Å². The number of ether oxygens (including phenoxy) is 6. The maximum absolute atomic E-state index is 14.5. The Balaban J connectivity index is 1.58. The van der Waals surface area contributed by atoms with Crippen LogP contribution in [0.15, 0.2) is 66.8 Å². The number of amides is 1. The molecule has 2 atom stereocenters. The zero-order valence-electron chi connectivity index (χ0n) is 25.0. The van der Waals surface area contributed by atoms with Gasteiger partial charge in [-0.15, -0.1) is 13.2 Å². The topological polar surface area (TPSA) is 125 Å². The molecule has 0 bridgehead atoms. The zero-order valence-corrected chi connectivity index (χ0v) is 25.0. The van der Waals surface area contributed by atoms with Gasteiger partial charge in [-0.1, -0.05) is 17.2 Å². The molecule has 3 heterocycles. The van der Waals surface area contributed by atoms with Crippen molar-refractivity contribution >= 4 is 11.6 Å². The molecular weight excluding hydrogens is 585 g/mol. The highest BCUT2D eigenvalue weighted by atomic mass is 19.1. The van der Waals surface area contributed by atoms with Crippen LogP contribution in [0.2, 0.25) is 0 Å². The molecule has 3 aromatic carbocycles. The summed E-state index contributed by atoms with van der Waals surface area (Å²) in [5.41, 5.74) is 1.13. The van der Waals surface area contributed by atoms with Crippen LogP contribution in [-0.4, -0.2) is 55.1 Å². The molecule has 0 aliphatic carbocycles. The quantitative estimate of drug-likeness (QED) is 0.241. The van der Waals surface area contributed by atoms with E-state index in [0.717, 1.165) is 11.1 Å². The molecule has 45 heavy (non-hydrogen) atoms. The van der Waals surface area contributed by atoms with Crippen molar-refractivity contribution < 1.29 is 47.8 Å². The van der Waals surface area contributed by atoms with E-state index in [1.54, 1.807) is 38.1 Å². The molecule has 0 radical (unpaired) electrons. The lowest BCUT2D eigenvalue weighted by Crippen LogP contribution is -2.38. The first-order chi connectivity index (χ1) is 21.6. The lowest BCUT2D eigenvalue weighted by atomic mass is 9.69. The van der Waals surface area contributed by atoms with E-state index in [9.17, 15) is 19.4 Å². The number of aliphatic hydroxyl groups is 2. The van der Waals surface area contributed by atoms with E-state index in [-0.39, 0.29) is 44.0 Å². The van der Waals surface area contributed by atoms with Gasteiger partial charge in [-0.05, 0) is 51.0 Å². The molecule has 10 nitrogen and oxygen atoms in total. The molecule has 3 aliphatic rings. The molecule has 0 saturated carbocycles. The Kier molecular flexibility index (Phi) is 8.07. The first-order valence-corrected chi connectivity index (χ1v) is 14.5. The zero-order chi connectivity index (χ0) is 31.9. The third kappa shape index (κ3) is 5.65. The second-order valence-corrected chi connectivity index (χ2v) is 11.5. The molecule has 6 rings (SSSR count). The normalized spacial score (nSPS) is 16.5. The first-order valence-electron chi connectivity index (χ1n) is 14.5. The predicted octanol–water partition coefficient (Wildman–Crippen LogP) is 4.98. The standard InChI is InChI=1S/C34H34FNO9/c1-18(2)7-21(37)14-40-27-12-31-29(42-16-44-31)10-24(27)34(23-6-5-20(35)9-26(23)36-33(34)39)25-11-30-32(45-17-43-30)13-28(25)41-15-22(38)8-19(3)4/h5-6,9-13,21-22,37-38H,1,3,7-8,14-17H2,2,4H3,(H,36,39)/t21-,22-/m1/s1. The van der Waals surface area contributed by atoms with Crippen molar-refractivity contribution in [3.63, 3.8) is 0 Å². The molecule has 3 N–H and O–H groups in total. The van der Waals surface area contributed by atoms with E-state index in [1.807, 2.05) is 0 Å². The summed E-state index contributed by atoms with van der Waals surface area (Å²) in [6.07, 6.45) is -1.15. The van der Waals surface area contributed by atoms with Gasteiger partial charge < -0.3 is 44.0 Å². The molecule has 1 amide bonds. The minimum absolute atomic E-state index is 0.0451. The molecule has 0 aromatic heterocycles. The SMILES string of the molecule is C=C(C)C[C@@H](O)COc1cc2c(cc1C1(c3cc4c(cc3OC[C@H](O)CC(=C)C)OCO4)C(=O)Nc3cc(F)ccc31)OCO2. The highest BCUT2D eigenvalue weighted by Gasteiger charge is 2.54. The molecule has 0 spiro atoms. The molecule has 0 unspecified atom stereocenters. The van der Waals surface area contributed by atoms with Crippen LogP contribution in [0.1, 0.15) is 43.4 Å². The van der Waals surface area contributed by atoms with Crippen molar-refractivity contribution in [2.45, 2.75) is 44.3 Å². The van der Waals surface area contributed by atoms with Gasteiger partial charge in [-0.3, -0.25) is 4.79 Å². The van der Waals surface area contributed by atoms with Gasteiger partial charge in [0.1, 0.15) is 35.9 Å². The van der Waals surface area contributed by atoms with Crippen LogP contribution in [0.25, 0.3) is 0 Å². The fourth-order valence-corrected chi connectivity index (χ4v) is 5.93. The summed E-state index contributed by atoms with van der Waals surface area (Å²) in [6, 6.07) is 10.5. The van der Waals surface area contributed by atoms with Crippen LogP contribution in [0.5, 0.6) is 34.5 Å². The number of hydrogen-bond donors (Lipinski definition) is 3. The Morgan fingerprint density at radius 1 is 0.822 bits per heavy atom. The molecule has 0 fully saturated rings. The number of carbonyl (C=O) groups is 1. The summed E-state index contributed by atoms with van der Waals surface area (Å²) < 4.78 is 49.7. The van der Waals surface area contributed by atoms with Gasteiger partial charge >= 0.3 is 0 Å². The summed E-state index contributed by atoms with van der Waals surface area (Å²) in [5, 5.41) is 24.1. The van der Waals surface area contributed by atoms with Crippen molar-refractivity contribution in [2.24, 2.45) is 0 Å². The van der Waals surface area contributed by atoms with Gasteiger partial charge in [0.05, 0.1) is 12.2 Å². The van der Waals surface area contributed by atoms with Gasteiger partial charge in [0.15, 0.2) is 23.0 Å². The van der Waals surface area contributed by atoms with E-state index >= 15 is 0 Å². The number of rotatable bonds is 12. The number of aliphatic hydroxyl groups excluding tert-OH is 2. The first kappa shape index (κ1) is 30.3. The lowest BCUT2D eigenvalue weighted by molar-refractivity contribution is -0.118. The number of halogens is 1. The van der Waals surface area contributed by atoms with Crippen LogP contribution in [0.3, 0.4) is 0 Å². The average Bonchev–Trinajstić information content (AvgIpc) is 3.69. The fourth-order valence-electron chi connectivity index (χ4n) is 5.93. The monoisotopic (exact) mass is 619 g/mol. The summed E-state index contributed by atoms with van der Waals surface area (Å²) in [5.74, 6) is 0.879. The van der Waals surface area contributed by atoms with Crippen LogP contribution < -0.4 is 33.7 Å². The number of benzene rings is 3. The Labute approximate surface area is 259 Å². The summed E-state index contributed by atoms with van der Waals surface area (Å²) in [7, 11) is 0. The second kappa shape index (κ2) is 12.0. The fraction of sp³-hybridized carbons (Fsp3) is 0.324. The number of nitrogens with one attached hydrogen (secondary N) is 1. The van der Waals surface area contributed by atoms with Crippen molar-refractivity contribution in [1.82, 2.24) is 0 Å². The van der Waals surface area contributed by atoms with Crippen molar-refractivity contribution in [3.05, 3.63) is 89.3 Å². The summed E-state index contributed by atoms with van der Waals surface area (Å²) >= 11 is 0. The number of hydrogen-bond acceptors (Lipinski definition) is 9. The maximum atomic E-state index is 14.5. The van der Waals surface area contributed by atoms with E-state index in [2.05, 4.69) is 18.5 Å². The molecule has 11 heteroatoms. The summed E-state index contributed by atoms with van der Waals surface area (Å²) in [4.78, 5) is 14.5. The van der Waals surface area contributed by atoms with Gasteiger partial charge in [0.25, 0.3) is 0 Å². The molecule has 3 aromatic rings. The smallest absolute Gasteiger partial charge is 0.244 e. The maximum Gasteiger partial charge on any atom is 0.244 e. The van der Waals surface area contributed by atoms with Gasteiger partial charge in [0.2, 0.25) is 19.5 Å². The minimum atomic E-state index is -1.71. The van der Waals surface area contributed by atoms with Crippen molar-refractivity contribution in [2.75, 3.05) is 32.1 Å². The third-order valence-corrected chi connectivity index (χ3v) is 7.76. The summed E-state index contributed by atoms with van der Waals surface area (Å²) in [6.45, 7) is 11.0. The minimum Gasteiger partial charge on any atom is -0.490 e. The lowest BCUT2D eigenvalue weighted by Gasteiger charge is -2.32. The van der Waals surface area contributed by atoms with Gasteiger partial charge in [-0.25, -0.2) is 4.39 Å². The van der Waals surface area contributed by atoms with E-state index in [4.69, 9.17) is 28.4 Å². The van der Waals surface area contributed by atoms with Gasteiger partial charge in [-0.2, -0.15) is 0 Å². The van der Waals surface area contributed by atoms with Crippen molar-refractivity contribution in [3.8, 4) is 34.5 Å². The number of anilines is 1. The Morgan fingerprint density at radius 2 is 1.29 bits per heavy atom. The third-order valence-electron chi connectivity index (χ3n) is 7.76. The van der Waals surface area contributed by atoms with E-state index < -0.39 is 29.3 Å². The Morgan fingerprint density at radius 3 is 1.76 bits per heavy atom. The Bertz CT molecular complexity index is 1600. The van der Waals surface area contributed by atoms with Crippen LogP contribution in [-0.2, 0) is 10.2 Å². The van der Waals surface area contributed by atoms with Crippen LogP contribution in [0, 0.1) is 5.82 Å². The molecule has 236 valence electrons. The number of fused-ring (bicyclic) bond motifs is 3. The average molecular weight is 620 g/mol. The van der Waals surface area contributed by atoms with E-state index in [0.29, 0.717) is 52.5 Å². The Hall–Kier alpha value is -4.74. The molecular formula is C34H34FNO9. The number of carbonyl (C=O) groups excluding carboxylic acids is 1. The van der Waals surface area contributed by atoms with Gasteiger partial charge in [0, 0.05) is 34.5 Å². The predicted molar refractivity (Wildman–Crippen MR) is 162 cm³/mol.